The zero-order valence-electron chi connectivity index (χ0n) is 15.2. The first-order chi connectivity index (χ1) is 13.0. The van der Waals surface area contributed by atoms with E-state index in [0.29, 0.717) is 11.6 Å². The van der Waals surface area contributed by atoms with E-state index in [2.05, 4.69) is 56.0 Å². The second-order valence-corrected chi connectivity index (χ2v) is 7.63. The maximum Gasteiger partial charge on any atom is 0.329 e. The number of nitrogens with zero attached hydrogens (tertiary/aromatic N) is 1. The summed E-state index contributed by atoms with van der Waals surface area (Å²) >= 11 is 3.37. The monoisotopic (exact) mass is 427 g/mol. The molecule has 0 spiro atoms. The summed E-state index contributed by atoms with van der Waals surface area (Å²) in [5.74, 6) is -0.942. The number of aryl methyl sites for hydroxylation is 1. The molecule has 2 N–H and O–H groups in total. The summed E-state index contributed by atoms with van der Waals surface area (Å²) in [5.41, 5.74) is 6.15. The van der Waals surface area contributed by atoms with Gasteiger partial charge in [-0.25, -0.2) is 5.43 Å². The Balaban J connectivity index is 1.50. The number of halogens is 1. The van der Waals surface area contributed by atoms with Crippen LogP contribution in [0.15, 0.2) is 58.1 Å². The maximum atomic E-state index is 12.1. The number of anilines is 1. The molecule has 27 heavy (non-hydrogen) atoms. The van der Waals surface area contributed by atoms with Gasteiger partial charge in [0, 0.05) is 15.9 Å². The quantitative estimate of drug-likeness (QED) is 0.557. The summed E-state index contributed by atoms with van der Waals surface area (Å²) in [7, 11) is 0. The summed E-state index contributed by atoms with van der Waals surface area (Å²) in [6, 6.07) is 15.9. The number of rotatable bonds is 3. The number of benzene rings is 2. The van der Waals surface area contributed by atoms with E-state index >= 15 is 0 Å². The van der Waals surface area contributed by atoms with Gasteiger partial charge in [-0.2, -0.15) is 5.10 Å². The highest BCUT2D eigenvalue weighted by atomic mass is 79.9. The van der Waals surface area contributed by atoms with Crippen LogP contribution in [0.2, 0.25) is 0 Å². The molecule has 0 aromatic heterocycles. The minimum absolute atomic E-state index is 0.532. The van der Waals surface area contributed by atoms with Gasteiger partial charge in [0.2, 0.25) is 0 Å². The van der Waals surface area contributed by atoms with Crippen molar-refractivity contribution in [3.8, 4) is 0 Å². The standard InChI is InChI=1S/C21H22BrN3O2/c1-14-13-17(22)9-12-19(14)23-20(26)21(27)25-24-18-10-7-16(8-11-18)15-5-3-2-4-6-15/h2-6,9,12-13,16H,7-8,10-11H2,1H3,(H,23,26)(H,25,27). The average Bonchev–Trinajstić information content (AvgIpc) is 2.69. The van der Waals surface area contributed by atoms with Crippen LogP contribution >= 0.6 is 15.9 Å². The second-order valence-electron chi connectivity index (χ2n) is 6.72. The first-order valence-electron chi connectivity index (χ1n) is 9.01. The minimum Gasteiger partial charge on any atom is -0.317 e. The molecule has 5 nitrogen and oxygen atoms in total. The van der Waals surface area contributed by atoms with Gasteiger partial charge in [0.25, 0.3) is 0 Å². The minimum atomic E-state index is -0.755. The lowest BCUT2D eigenvalue weighted by atomic mass is 9.83. The third-order valence-electron chi connectivity index (χ3n) is 4.79. The van der Waals surface area contributed by atoms with E-state index in [9.17, 15) is 9.59 Å². The zero-order valence-corrected chi connectivity index (χ0v) is 16.8. The Labute approximate surface area is 167 Å². The summed E-state index contributed by atoms with van der Waals surface area (Å²) in [6.07, 6.45) is 3.66. The van der Waals surface area contributed by atoms with Crippen LogP contribution in [0, 0.1) is 6.92 Å². The van der Waals surface area contributed by atoms with Crippen molar-refractivity contribution in [3.05, 3.63) is 64.1 Å². The van der Waals surface area contributed by atoms with Gasteiger partial charge in [-0.3, -0.25) is 9.59 Å². The number of hydrogen-bond donors (Lipinski definition) is 2. The van der Waals surface area contributed by atoms with Crippen molar-refractivity contribution in [2.75, 3.05) is 5.32 Å². The molecular formula is C21H22BrN3O2. The van der Waals surface area contributed by atoms with E-state index in [1.54, 1.807) is 6.07 Å². The first kappa shape index (κ1) is 19.3. The molecule has 0 radical (unpaired) electrons. The van der Waals surface area contributed by atoms with Gasteiger partial charge < -0.3 is 5.32 Å². The van der Waals surface area contributed by atoms with Crippen LogP contribution in [0.1, 0.15) is 42.7 Å². The molecule has 0 unspecified atom stereocenters. The van der Waals surface area contributed by atoms with Gasteiger partial charge in [0.15, 0.2) is 0 Å². The Hall–Kier alpha value is -2.47. The molecule has 6 heteroatoms. The third-order valence-corrected chi connectivity index (χ3v) is 5.29. The van der Waals surface area contributed by atoms with Crippen molar-refractivity contribution in [2.45, 2.75) is 38.5 Å². The molecule has 1 saturated carbocycles. The Bertz CT molecular complexity index is 855. The number of carbonyl (C=O) groups excluding carboxylic acids is 2. The van der Waals surface area contributed by atoms with E-state index in [0.717, 1.165) is 41.4 Å². The smallest absolute Gasteiger partial charge is 0.317 e. The lowest BCUT2D eigenvalue weighted by Gasteiger charge is -2.23. The van der Waals surface area contributed by atoms with E-state index in [4.69, 9.17) is 0 Å². The SMILES string of the molecule is Cc1cc(Br)ccc1NC(=O)C(=O)NN=C1CCC(c2ccccc2)CC1. The van der Waals surface area contributed by atoms with Crippen LogP contribution in [-0.4, -0.2) is 17.5 Å². The summed E-state index contributed by atoms with van der Waals surface area (Å²) in [6.45, 7) is 1.86. The van der Waals surface area contributed by atoms with E-state index < -0.39 is 11.8 Å². The normalized spacial score (nSPS) is 16.5. The average molecular weight is 428 g/mol. The highest BCUT2D eigenvalue weighted by Crippen LogP contribution is 2.31. The van der Waals surface area contributed by atoms with Crippen molar-refractivity contribution >= 4 is 39.1 Å². The third kappa shape index (κ3) is 5.26. The molecular weight excluding hydrogens is 406 g/mol. The van der Waals surface area contributed by atoms with Crippen LogP contribution in [0.4, 0.5) is 5.69 Å². The molecule has 2 aromatic rings. The molecule has 2 amide bonds. The lowest BCUT2D eigenvalue weighted by Crippen LogP contribution is -2.33. The van der Waals surface area contributed by atoms with E-state index in [1.807, 2.05) is 25.1 Å². The number of hydrazone groups is 1. The summed E-state index contributed by atoms with van der Waals surface area (Å²) in [5, 5.41) is 6.77. The molecule has 1 aliphatic carbocycles. The predicted octanol–water partition coefficient (Wildman–Crippen LogP) is 4.53. The Morgan fingerprint density at radius 2 is 1.74 bits per heavy atom. The van der Waals surface area contributed by atoms with Crippen molar-refractivity contribution in [2.24, 2.45) is 5.10 Å². The van der Waals surface area contributed by atoms with Crippen LogP contribution in [0.25, 0.3) is 0 Å². The van der Waals surface area contributed by atoms with Gasteiger partial charge in [-0.15, -0.1) is 0 Å². The predicted molar refractivity (Wildman–Crippen MR) is 111 cm³/mol. The topological polar surface area (TPSA) is 70.6 Å². The van der Waals surface area contributed by atoms with Gasteiger partial charge >= 0.3 is 11.8 Å². The van der Waals surface area contributed by atoms with Crippen LogP contribution in [0.3, 0.4) is 0 Å². The summed E-state index contributed by atoms with van der Waals surface area (Å²) < 4.78 is 0.917. The van der Waals surface area contributed by atoms with Gasteiger partial charge in [0.1, 0.15) is 0 Å². The molecule has 2 aromatic carbocycles. The van der Waals surface area contributed by atoms with Gasteiger partial charge in [-0.1, -0.05) is 46.3 Å². The van der Waals surface area contributed by atoms with Gasteiger partial charge in [0.05, 0.1) is 0 Å². The maximum absolute atomic E-state index is 12.1. The number of amides is 2. The molecule has 1 aliphatic rings. The van der Waals surface area contributed by atoms with Crippen molar-refractivity contribution < 1.29 is 9.59 Å². The fraction of sp³-hybridized carbons (Fsp3) is 0.286. The molecule has 0 bridgehead atoms. The molecule has 3 rings (SSSR count). The number of nitrogens with one attached hydrogen (secondary N) is 2. The number of hydrogen-bond acceptors (Lipinski definition) is 3. The van der Waals surface area contributed by atoms with Crippen LogP contribution in [-0.2, 0) is 9.59 Å². The van der Waals surface area contributed by atoms with E-state index in [1.165, 1.54) is 5.56 Å². The lowest BCUT2D eigenvalue weighted by molar-refractivity contribution is -0.136. The molecule has 0 atom stereocenters. The molecule has 0 aliphatic heterocycles. The molecule has 0 saturated heterocycles. The van der Waals surface area contributed by atoms with Crippen LogP contribution in [0.5, 0.6) is 0 Å². The number of carbonyl (C=O) groups is 2. The molecule has 0 heterocycles. The molecule has 1 fully saturated rings. The Kier molecular flexibility index (Phi) is 6.40. The second kappa shape index (κ2) is 8.95. The fourth-order valence-corrected chi connectivity index (χ4v) is 3.72. The van der Waals surface area contributed by atoms with Gasteiger partial charge in [-0.05, 0) is 67.9 Å². The largest absolute Gasteiger partial charge is 0.329 e. The highest BCUT2D eigenvalue weighted by molar-refractivity contribution is 9.10. The Morgan fingerprint density at radius 1 is 1.04 bits per heavy atom. The first-order valence-corrected chi connectivity index (χ1v) is 9.80. The summed E-state index contributed by atoms with van der Waals surface area (Å²) in [4.78, 5) is 24.1. The van der Waals surface area contributed by atoms with Crippen LogP contribution < -0.4 is 10.7 Å². The fourth-order valence-electron chi connectivity index (χ4n) is 3.25. The van der Waals surface area contributed by atoms with Crippen molar-refractivity contribution in [1.82, 2.24) is 5.43 Å². The Morgan fingerprint density at radius 3 is 2.41 bits per heavy atom. The van der Waals surface area contributed by atoms with E-state index in [-0.39, 0.29) is 0 Å². The van der Waals surface area contributed by atoms with Crippen molar-refractivity contribution in [1.29, 1.82) is 0 Å². The molecule has 140 valence electrons. The van der Waals surface area contributed by atoms with Crippen molar-refractivity contribution in [3.63, 3.8) is 0 Å². The highest BCUT2D eigenvalue weighted by Gasteiger charge is 2.20. The zero-order chi connectivity index (χ0) is 19.2.